The molecule has 0 bridgehead atoms. The highest BCUT2D eigenvalue weighted by Gasteiger charge is 2.53. The maximum atomic E-state index is 8.98. The van der Waals surface area contributed by atoms with Gasteiger partial charge in [0.15, 0.2) is 0 Å². The van der Waals surface area contributed by atoms with Crippen LogP contribution in [0.2, 0.25) is 0 Å². The highest BCUT2D eigenvalue weighted by atomic mass is 16.3. The fraction of sp³-hybridized carbons (Fsp3) is 1.00. The molecule has 1 saturated heterocycles. The van der Waals surface area contributed by atoms with Gasteiger partial charge >= 0.3 is 0 Å². The van der Waals surface area contributed by atoms with E-state index >= 15 is 0 Å². The molecule has 13 heavy (non-hydrogen) atoms. The summed E-state index contributed by atoms with van der Waals surface area (Å²) in [6.07, 6.45) is 3.92. The maximum absolute atomic E-state index is 8.98. The van der Waals surface area contributed by atoms with Crippen LogP contribution in [0.5, 0.6) is 0 Å². The van der Waals surface area contributed by atoms with Crippen LogP contribution in [-0.2, 0) is 0 Å². The first-order valence-electron chi connectivity index (χ1n) is 5.56. The van der Waals surface area contributed by atoms with Crippen LogP contribution in [0.25, 0.3) is 0 Å². The van der Waals surface area contributed by atoms with Crippen LogP contribution < -0.4 is 0 Å². The van der Waals surface area contributed by atoms with Gasteiger partial charge in [0.05, 0.1) is 0 Å². The summed E-state index contributed by atoms with van der Waals surface area (Å²) in [5.74, 6) is 0.649. The third kappa shape index (κ3) is 2.23. The van der Waals surface area contributed by atoms with E-state index in [1.165, 1.54) is 32.4 Å². The van der Waals surface area contributed by atoms with Crippen molar-refractivity contribution >= 4 is 0 Å². The van der Waals surface area contributed by atoms with E-state index < -0.39 is 0 Å². The molecule has 1 spiro atoms. The van der Waals surface area contributed by atoms with Crippen LogP contribution in [0, 0.1) is 11.3 Å². The van der Waals surface area contributed by atoms with Crippen molar-refractivity contribution < 1.29 is 5.11 Å². The Morgan fingerprint density at radius 3 is 2.23 bits per heavy atom. The molecule has 0 aromatic carbocycles. The first-order valence-corrected chi connectivity index (χ1v) is 5.56. The van der Waals surface area contributed by atoms with Gasteiger partial charge in [-0.1, -0.05) is 13.8 Å². The van der Waals surface area contributed by atoms with Crippen LogP contribution in [0.1, 0.15) is 33.1 Å². The lowest BCUT2D eigenvalue weighted by atomic mass is 9.91. The minimum atomic E-state index is 0.420. The molecule has 2 heteroatoms. The normalized spacial score (nSPS) is 30.9. The van der Waals surface area contributed by atoms with E-state index in [1.54, 1.807) is 0 Å². The van der Waals surface area contributed by atoms with Crippen molar-refractivity contribution in [3.63, 3.8) is 0 Å². The molecule has 1 atom stereocenters. The van der Waals surface area contributed by atoms with E-state index in [4.69, 9.17) is 5.11 Å². The summed E-state index contributed by atoms with van der Waals surface area (Å²) < 4.78 is 0. The lowest BCUT2D eigenvalue weighted by molar-refractivity contribution is 0.169. The van der Waals surface area contributed by atoms with Crippen molar-refractivity contribution in [3.8, 4) is 0 Å². The zero-order valence-corrected chi connectivity index (χ0v) is 9.21. The summed E-state index contributed by atoms with van der Waals surface area (Å²) in [4.78, 5) is 2.39. The summed E-state index contributed by atoms with van der Waals surface area (Å²) in [5, 5.41) is 8.98. The molecule has 1 heterocycles. The van der Waals surface area contributed by atoms with E-state index in [1.807, 2.05) is 13.8 Å². The standard InChI is InChI=1S/C9H17NO.C2H6/c1-10-4-2-9(3-5-10)6-8(9)7-11;1-2/h8,11H,2-7H2,1H3;1-2H3. The highest BCUT2D eigenvalue weighted by molar-refractivity contribution is 5.03. The summed E-state index contributed by atoms with van der Waals surface area (Å²) in [5.41, 5.74) is 0.585. The molecule has 1 aliphatic carbocycles. The molecule has 1 saturated carbocycles. The average molecular weight is 185 g/mol. The number of aliphatic hydroxyl groups excluding tert-OH is 1. The Labute approximate surface area is 81.9 Å². The zero-order valence-electron chi connectivity index (χ0n) is 9.21. The summed E-state index contributed by atoms with van der Waals surface area (Å²) in [7, 11) is 2.18. The van der Waals surface area contributed by atoms with Gasteiger partial charge in [0.1, 0.15) is 0 Å². The first kappa shape index (κ1) is 11.0. The number of rotatable bonds is 1. The Morgan fingerprint density at radius 2 is 1.85 bits per heavy atom. The monoisotopic (exact) mass is 185 g/mol. The lowest BCUT2D eigenvalue weighted by Crippen LogP contribution is -2.32. The van der Waals surface area contributed by atoms with Crippen LogP contribution in [0.3, 0.4) is 0 Å². The molecule has 2 nitrogen and oxygen atoms in total. The third-order valence-corrected chi connectivity index (χ3v) is 3.56. The Hall–Kier alpha value is -0.0800. The Morgan fingerprint density at radius 1 is 1.31 bits per heavy atom. The van der Waals surface area contributed by atoms with Crippen molar-refractivity contribution in [1.82, 2.24) is 4.90 Å². The largest absolute Gasteiger partial charge is 0.396 e. The number of likely N-dealkylation sites (tertiary alicyclic amines) is 1. The average Bonchev–Trinajstić information content (AvgIpc) is 2.88. The number of piperidine rings is 1. The zero-order chi connectivity index (χ0) is 9.90. The molecule has 2 aliphatic rings. The van der Waals surface area contributed by atoms with Crippen LogP contribution in [-0.4, -0.2) is 36.8 Å². The van der Waals surface area contributed by atoms with Crippen LogP contribution in [0.15, 0.2) is 0 Å². The lowest BCUT2D eigenvalue weighted by Gasteiger charge is -2.29. The number of hydrogen-bond donors (Lipinski definition) is 1. The second-order valence-electron chi connectivity index (χ2n) is 4.25. The van der Waals surface area contributed by atoms with Gasteiger partial charge in [-0.05, 0) is 50.7 Å². The second kappa shape index (κ2) is 4.43. The Balaban J connectivity index is 0.000000396. The van der Waals surface area contributed by atoms with Crippen LogP contribution in [0.4, 0.5) is 0 Å². The molecular formula is C11H23NO. The van der Waals surface area contributed by atoms with Crippen molar-refractivity contribution in [2.75, 3.05) is 26.7 Å². The van der Waals surface area contributed by atoms with Gasteiger partial charge in [-0.3, -0.25) is 0 Å². The van der Waals surface area contributed by atoms with Crippen LogP contribution >= 0.6 is 0 Å². The minimum Gasteiger partial charge on any atom is -0.396 e. The molecular weight excluding hydrogens is 162 g/mol. The predicted octanol–water partition coefficient (Wildman–Crippen LogP) is 1.74. The van der Waals surface area contributed by atoms with Crippen molar-refractivity contribution in [3.05, 3.63) is 0 Å². The fourth-order valence-corrected chi connectivity index (χ4v) is 2.37. The second-order valence-corrected chi connectivity index (χ2v) is 4.25. The Bertz CT molecular complexity index is 150. The number of nitrogens with zero attached hydrogens (tertiary/aromatic N) is 1. The van der Waals surface area contributed by atoms with Gasteiger partial charge in [-0.25, -0.2) is 0 Å². The SMILES string of the molecule is CC.CN1CCC2(CC1)CC2CO. The topological polar surface area (TPSA) is 23.5 Å². The van der Waals surface area contributed by atoms with Gasteiger partial charge in [0.2, 0.25) is 0 Å². The van der Waals surface area contributed by atoms with Gasteiger partial charge in [-0.15, -0.1) is 0 Å². The maximum Gasteiger partial charge on any atom is 0.0464 e. The van der Waals surface area contributed by atoms with Gasteiger partial charge in [0.25, 0.3) is 0 Å². The van der Waals surface area contributed by atoms with Crippen molar-refractivity contribution in [2.24, 2.45) is 11.3 Å². The molecule has 1 N–H and O–H groups in total. The minimum absolute atomic E-state index is 0.420. The predicted molar refractivity (Wildman–Crippen MR) is 55.7 cm³/mol. The van der Waals surface area contributed by atoms with Gasteiger partial charge < -0.3 is 10.0 Å². The van der Waals surface area contributed by atoms with E-state index in [-0.39, 0.29) is 0 Å². The van der Waals surface area contributed by atoms with Gasteiger partial charge in [0, 0.05) is 6.61 Å². The quantitative estimate of drug-likeness (QED) is 0.672. The van der Waals surface area contributed by atoms with E-state index in [0.29, 0.717) is 17.9 Å². The summed E-state index contributed by atoms with van der Waals surface area (Å²) >= 11 is 0. The van der Waals surface area contributed by atoms with E-state index in [2.05, 4.69) is 11.9 Å². The molecule has 0 radical (unpaired) electrons. The molecule has 1 unspecified atom stereocenters. The van der Waals surface area contributed by atoms with E-state index in [0.717, 1.165) is 0 Å². The van der Waals surface area contributed by atoms with Crippen molar-refractivity contribution in [1.29, 1.82) is 0 Å². The summed E-state index contributed by atoms with van der Waals surface area (Å²) in [6, 6.07) is 0. The molecule has 1 aliphatic heterocycles. The number of aliphatic hydroxyl groups is 1. The molecule has 2 fully saturated rings. The van der Waals surface area contributed by atoms with Gasteiger partial charge in [-0.2, -0.15) is 0 Å². The molecule has 2 rings (SSSR count). The van der Waals surface area contributed by atoms with Crippen molar-refractivity contribution in [2.45, 2.75) is 33.1 Å². The molecule has 0 aromatic rings. The molecule has 0 amide bonds. The molecule has 78 valence electrons. The molecule has 0 aromatic heterocycles. The third-order valence-electron chi connectivity index (χ3n) is 3.56. The number of hydrogen-bond acceptors (Lipinski definition) is 2. The summed E-state index contributed by atoms with van der Waals surface area (Å²) in [6.45, 7) is 6.89. The smallest absolute Gasteiger partial charge is 0.0464 e. The first-order chi connectivity index (χ1) is 6.27. The fourth-order valence-electron chi connectivity index (χ4n) is 2.37. The highest BCUT2D eigenvalue weighted by Crippen LogP contribution is 2.58. The van der Waals surface area contributed by atoms with E-state index in [9.17, 15) is 0 Å². The Kier molecular flexibility index (Phi) is 3.74.